The van der Waals surface area contributed by atoms with E-state index in [1.165, 1.54) is 25.9 Å². The van der Waals surface area contributed by atoms with E-state index >= 15 is 0 Å². The Balaban J connectivity index is 1.60. The Morgan fingerprint density at radius 1 is 1.19 bits per heavy atom. The zero-order chi connectivity index (χ0) is 14.7. The first-order valence-corrected chi connectivity index (χ1v) is 7.68. The number of carbonyl (C=O) groups excluding carboxylic acids is 1. The van der Waals surface area contributed by atoms with Gasteiger partial charge in [0, 0.05) is 19.1 Å². The molecule has 0 N–H and O–H groups in total. The second-order valence-corrected chi connectivity index (χ2v) is 5.79. The second kappa shape index (κ2) is 6.23. The molecule has 3 rings (SSSR count). The second-order valence-electron chi connectivity index (χ2n) is 5.79. The van der Waals surface area contributed by atoms with Gasteiger partial charge in [-0.3, -0.25) is 4.79 Å². The summed E-state index contributed by atoms with van der Waals surface area (Å²) in [4.78, 5) is 21.0. The van der Waals surface area contributed by atoms with Gasteiger partial charge in [0.15, 0.2) is 0 Å². The molecular formula is C16H20N4O. The van der Waals surface area contributed by atoms with Crippen LogP contribution in [0.15, 0.2) is 18.2 Å². The van der Waals surface area contributed by atoms with Crippen LogP contribution >= 0.6 is 0 Å². The molecule has 0 aliphatic carbocycles. The molecule has 5 nitrogen and oxygen atoms in total. The van der Waals surface area contributed by atoms with E-state index in [-0.39, 0.29) is 5.91 Å². The molecule has 0 bridgehead atoms. The van der Waals surface area contributed by atoms with E-state index in [0.29, 0.717) is 17.4 Å². The van der Waals surface area contributed by atoms with Crippen LogP contribution in [0.1, 0.15) is 41.9 Å². The first-order valence-electron chi connectivity index (χ1n) is 7.68. The first-order chi connectivity index (χ1) is 10.3. The molecule has 1 amide bonds. The lowest BCUT2D eigenvalue weighted by molar-refractivity contribution is 0.0638. The number of pyridine rings is 1. The van der Waals surface area contributed by atoms with Crippen LogP contribution in [0.5, 0.6) is 0 Å². The molecule has 0 atom stereocenters. The molecular weight excluding hydrogens is 264 g/mol. The van der Waals surface area contributed by atoms with E-state index in [0.717, 1.165) is 25.9 Å². The molecule has 2 saturated heterocycles. The molecule has 0 saturated carbocycles. The fraction of sp³-hybridized carbons (Fsp3) is 0.562. The van der Waals surface area contributed by atoms with Gasteiger partial charge in [0.05, 0.1) is 0 Å². The van der Waals surface area contributed by atoms with Crippen molar-refractivity contribution in [3.63, 3.8) is 0 Å². The van der Waals surface area contributed by atoms with E-state index in [4.69, 9.17) is 5.26 Å². The molecule has 2 aliphatic rings. The van der Waals surface area contributed by atoms with Crippen molar-refractivity contribution in [1.29, 1.82) is 5.26 Å². The molecule has 1 aromatic heterocycles. The summed E-state index contributed by atoms with van der Waals surface area (Å²) >= 11 is 0. The number of carbonyl (C=O) groups is 1. The Bertz CT molecular complexity index is 552. The zero-order valence-corrected chi connectivity index (χ0v) is 12.2. The van der Waals surface area contributed by atoms with E-state index in [1.54, 1.807) is 18.2 Å². The number of amides is 1. The topological polar surface area (TPSA) is 60.2 Å². The molecule has 2 aliphatic heterocycles. The van der Waals surface area contributed by atoms with Crippen molar-refractivity contribution >= 4 is 5.91 Å². The van der Waals surface area contributed by atoms with E-state index < -0.39 is 0 Å². The fourth-order valence-corrected chi connectivity index (χ4v) is 3.32. The van der Waals surface area contributed by atoms with Crippen LogP contribution in [0.2, 0.25) is 0 Å². The number of nitrogens with zero attached hydrogens (tertiary/aromatic N) is 4. The van der Waals surface area contributed by atoms with Crippen LogP contribution in [0.25, 0.3) is 0 Å². The maximum Gasteiger partial charge on any atom is 0.272 e. The van der Waals surface area contributed by atoms with Crippen LogP contribution < -0.4 is 0 Å². The van der Waals surface area contributed by atoms with Gasteiger partial charge in [0.1, 0.15) is 17.5 Å². The number of hydrogen-bond donors (Lipinski definition) is 0. The molecule has 21 heavy (non-hydrogen) atoms. The van der Waals surface area contributed by atoms with Crippen LogP contribution in [0, 0.1) is 11.3 Å². The zero-order valence-electron chi connectivity index (χ0n) is 12.2. The lowest BCUT2D eigenvalue weighted by atomic mass is 10.0. The van der Waals surface area contributed by atoms with Crippen molar-refractivity contribution < 1.29 is 4.79 Å². The standard InChI is InChI=1S/C16H20N4O/c17-12-13-4-3-5-15(18-13)16(21)20-10-6-14(7-11-20)19-8-1-2-9-19/h3-5,14H,1-2,6-11H2. The van der Waals surface area contributed by atoms with Gasteiger partial charge >= 0.3 is 0 Å². The number of hydrogen-bond acceptors (Lipinski definition) is 4. The summed E-state index contributed by atoms with van der Waals surface area (Å²) in [6, 6.07) is 7.64. The summed E-state index contributed by atoms with van der Waals surface area (Å²) in [5, 5.41) is 8.87. The largest absolute Gasteiger partial charge is 0.337 e. The minimum atomic E-state index is -0.0491. The fourth-order valence-electron chi connectivity index (χ4n) is 3.32. The molecule has 0 aromatic carbocycles. The predicted molar refractivity (Wildman–Crippen MR) is 78.7 cm³/mol. The van der Waals surface area contributed by atoms with E-state index in [9.17, 15) is 4.79 Å². The van der Waals surface area contributed by atoms with Crippen molar-refractivity contribution in [2.75, 3.05) is 26.2 Å². The molecule has 2 fully saturated rings. The molecule has 0 unspecified atom stereocenters. The first kappa shape index (κ1) is 14.0. The monoisotopic (exact) mass is 284 g/mol. The smallest absolute Gasteiger partial charge is 0.272 e. The van der Waals surface area contributed by atoms with Crippen molar-refractivity contribution in [2.45, 2.75) is 31.7 Å². The van der Waals surface area contributed by atoms with E-state index in [1.807, 2.05) is 11.0 Å². The van der Waals surface area contributed by atoms with Gasteiger partial charge < -0.3 is 9.80 Å². The predicted octanol–water partition coefficient (Wildman–Crippen LogP) is 1.65. The van der Waals surface area contributed by atoms with Gasteiger partial charge in [-0.2, -0.15) is 5.26 Å². The summed E-state index contributed by atoms with van der Waals surface area (Å²) in [6.07, 6.45) is 4.71. The third-order valence-corrected chi connectivity index (χ3v) is 4.49. The Morgan fingerprint density at radius 3 is 2.57 bits per heavy atom. The summed E-state index contributed by atoms with van der Waals surface area (Å²) in [5.41, 5.74) is 0.682. The van der Waals surface area contributed by atoms with Gasteiger partial charge in [-0.25, -0.2) is 4.98 Å². The maximum absolute atomic E-state index is 12.4. The number of rotatable bonds is 2. The van der Waals surface area contributed by atoms with Crippen molar-refractivity contribution in [3.8, 4) is 6.07 Å². The summed E-state index contributed by atoms with van der Waals surface area (Å²) in [7, 11) is 0. The summed E-state index contributed by atoms with van der Waals surface area (Å²) in [5.74, 6) is -0.0491. The van der Waals surface area contributed by atoms with Crippen LogP contribution in [-0.4, -0.2) is 52.9 Å². The lowest BCUT2D eigenvalue weighted by Crippen LogP contribution is -2.46. The number of nitriles is 1. The highest BCUT2D eigenvalue weighted by molar-refractivity contribution is 5.92. The number of likely N-dealkylation sites (tertiary alicyclic amines) is 2. The highest BCUT2D eigenvalue weighted by Gasteiger charge is 2.28. The normalized spacial score (nSPS) is 20.4. The van der Waals surface area contributed by atoms with Crippen molar-refractivity contribution in [1.82, 2.24) is 14.8 Å². The molecule has 110 valence electrons. The number of aromatic nitrogens is 1. The van der Waals surface area contributed by atoms with Gasteiger partial charge in [0.2, 0.25) is 0 Å². The SMILES string of the molecule is N#Cc1cccc(C(=O)N2CCC(N3CCCC3)CC2)n1. The third-order valence-electron chi connectivity index (χ3n) is 4.49. The minimum Gasteiger partial charge on any atom is -0.337 e. The van der Waals surface area contributed by atoms with Crippen LogP contribution in [0.3, 0.4) is 0 Å². The highest BCUT2D eigenvalue weighted by Crippen LogP contribution is 2.21. The average molecular weight is 284 g/mol. The van der Waals surface area contributed by atoms with Gasteiger partial charge in [-0.05, 0) is 50.9 Å². The molecule has 3 heterocycles. The molecule has 5 heteroatoms. The molecule has 0 radical (unpaired) electrons. The highest BCUT2D eigenvalue weighted by atomic mass is 16.2. The van der Waals surface area contributed by atoms with Crippen LogP contribution in [0.4, 0.5) is 0 Å². The van der Waals surface area contributed by atoms with E-state index in [2.05, 4.69) is 9.88 Å². The lowest BCUT2D eigenvalue weighted by Gasteiger charge is -2.36. The van der Waals surface area contributed by atoms with Gasteiger partial charge in [-0.15, -0.1) is 0 Å². The van der Waals surface area contributed by atoms with Gasteiger partial charge in [-0.1, -0.05) is 6.07 Å². The third kappa shape index (κ3) is 3.06. The Morgan fingerprint density at radius 2 is 1.90 bits per heavy atom. The minimum absolute atomic E-state index is 0.0491. The molecule has 0 spiro atoms. The quantitative estimate of drug-likeness (QED) is 0.828. The summed E-state index contributed by atoms with van der Waals surface area (Å²) < 4.78 is 0. The van der Waals surface area contributed by atoms with Crippen molar-refractivity contribution in [3.05, 3.63) is 29.6 Å². The van der Waals surface area contributed by atoms with Gasteiger partial charge in [0.25, 0.3) is 5.91 Å². The van der Waals surface area contributed by atoms with Crippen molar-refractivity contribution in [2.24, 2.45) is 0 Å². The maximum atomic E-state index is 12.4. The molecule has 1 aromatic rings. The Labute approximate surface area is 125 Å². The number of piperidine rings is 1. The summed E-state index contributed by atoms with van der Waals surface area (Å²) in [6.45, 7) is 4.01. The van der Waals surface area contributed by atoms with Crippen LogP contribution in [-0.2, 0) is 0 Å². The Kier molecular flexibility index (Phi) is 4.16. The average Bonchev–Trinajstić information content (AvgIpc) is 3.09. The Hall–Kier alpha value is -1.93.